The molecule has 0 saturated heterocycles. The number of halogens is 3. The highest BCUT2D eigenvalue weighted by Crippen LogP contribution is 2.31. The molecule has 0 radical (unpaired) electrons. The van der Waals surface area contributed by atoms with Crippen molar-refractivity contribution in [3.05, 3.63) is 11.8 Å². The van der Waals surface area contributed by atoms with Crippen LogP contribution in [0.2, 0.25) is 0 Å². The van der Waals surface area contributed by atoms with E-state index >= 15 is 0 Å². The van der Waals surface area contributed by atoms with Crippen molar-refractivity contribution in [3.8, 4) is 5.88 Å². The first kappa shape index (κ1) is 14.5. The molecule has 1 rings (SSSR count). The molecular weight excluding hydrogens is 249 g/mol. The van der Waals surface area contributed by atoms with Gasteiger partial charge in [0.15, 0.2) is 5.69 Å². The molecule has 0 fully saturated rings. The first-order valence-corrected chi connectivity index (χ1v) is 5.30. The second kappa shape index (κ2) is 4.97. The van der Waals surface area contributed by atoms with Crippen molar-refractivity contribution in [1.82, 2.24) is 9.97 Å². The Kier molecular flexibility index (Phi) is 4.00. The summed E-state index contributed by atoms with van der Waals surface area (Å²) in [5.74, 6) is 4.52. The molecule has 1 aromatic rings. The third-order valence-corrected chi connectivity index (χ3v) is 2.35. The SMILES string of the molecule is CCC(C)(C)Oc1cc(C(F)(F)F)nc(NN)n1. The normalized spacial score (nSPS) is 12.4. The molecule has 5 nitrogen and oxygen atoms in total. The quantitative estimate of drug-likeness (QED) is 0.645. The van der Waals surface area contributed by atoms with Crippen LogP contribution in [0.5, 0.6) is 5.88 Å². The molecule has 0 aliphatic rings. The standard InChI is InChI=1S/C10H15F3N4O/c1-4-9(2,3)18-7-5-6(10(11,12)13)15-8(16-7)17-14/h5H,4,14H2,1-3H3,(H,15,16,17). The molecule has 3 N–H and O–H groups in total. The first-order chi connectivity index (χ1) is 8.18. The average Bonchev–Trinajstić information content (AvgIpc) is 2.27. The highest BCUT2D eigenvalue weighted by atomic mass is 19.4. The number of nitrogen functional groups attached to an aromatic ring is 1. The molecule has 0 saturated carbocycles. The van der Waals surface area contributed by atoms with Crippen molar-refractivity contribution in [2.45, 2.75) is 39.0 Å². The van der Waals surface area contributed by atoms with Gasteiger partial charge in [0.1, 0.15) is 5.60 Å². The van der Waals surface area contributed by atoms with E-state index < -0.39 is 17.5 Å². The molecule has 0 aliphatic heterocycles. The summed E-state index contributed by atoms with van der Waals surface area (Å²) in [7, 11) is 0. The lowest BCUT2D eigenvalue weighted by atomic mass is 10.1. The van der Waals surface area contributed by atoms with Crippen molar-refractivity contribution < 1.29 is 17.9 Å². The van der Waals surface area contributed by atoms with E-state index in [9.17, 15) is 13.2 Å². The van der Waals surface area contributed by atoms with Crippen molar-refractivity contribution in [1.29, 1.82) is 0 Å². The predicted molar refractivity (Wildman–Crippen MR) is 59.8 cm³/mol. The van der Waals surface area contributed by atoms with Gasteiger partial charge in [-0.2, -0.15) is 18.2 Å². The summed E-state index contributed by atoms with van der Waals surface area (Å²) in [4.78, 5) is 6.96. The second-order valence-electron chi connectivity index (χ2n) is 4.27. The van der Waals surface area contributed by atoms with Crippen LogP contribution in [0.3, 0.4) is 0 Å². The van der Waals surface area contributed by atoms with E-state index in [0.29, 0.717) is 6.42 Å². The number of ether oxygens (including phenoxy) is 1. The minimum Gasteiger partial charge on any atom is -0.472 e. The monoisotopic (exact) mass is 264 g/mol. The van der Waals surface area contributed by atoms with Crippen LogP contribution in [0, 0.1) is 0 Å². The van der Waals surface area contributed by atoms with E-state index in [1.54, 1.807) is 13.8 Å². The van der Waals surface area contributed by atoms with Gasteiger partial charge in [-0.1, -0.05) is 6.92 Å². The summed E-state index contributed by atoms with van der Waals surface area (Å²) >= 11 is 0. The van der Waals surface area contributed by atoms with E-state index in [4.69, 9.17) is 10.6 Å². The van der Waals surface area contributed by atoms with Crippen molar-refractivity contribution in [3.63, 3.8) is 0 Å². The molecule has 0 aromatic carbocycles. The number of nitrogens with two attached hydrogens (primary N) is 1. The summed E-state index contributed by atoms with van der Waals surface area (Å²) in [6.45, 7) is 5.35. The lowest BCUT2D eigenvalue weighted by Gasteiger charge is -2.24. The molecule has 1 heterocycles. The van der Waals surface area contributed by atoms with Gasteiger partial charge < -0.3 is 4.74 Å². The number of hydrazine groups is 1. The Bertz CT molecular complexity index is 420. The molecule has 0 amide bonds. The first-order valence-electron chi connectivity index (χ1n) is 5.30. The number of hydrogen-bond acceptors (Lipinski definition) is 5. The van der Waals surface area contributed by atoms with Gasteiger partial charge in [0.2, 0.25) is 11.8 Å². The van der Waals surface area contributed by atoms with Gasteiger partial charge in [-0.05, 0) is 20.3 Å². The van der Waals surface area contributed by atoms with Gasteiger partial charge in [0.05, 0.1) is 0 Å². The lowest BCUT2D eigenvalue weighted by molar-refractivity contribution is -0.141. The fourth-order valence-electron chi connectivity index (χ4n) is 1.04. The zero-order valence-electron chi connectivity index (χ0n) is 10.3. The van der Waals surface area contributed by atoms with Crippen LogP contribution in [0.25, 0.3) is 0 Å². The van der Waals surface area contributed by atoms with Crippen molar-refractivity contribution >= 4 is 5.95 Å². The molecular formula is C10H15F3N4O. The summed E-state index contributed by atoms with van der Waals surface area (Å²) in [5, 5.41) is 0. The van der Waals surface area contributed by atoms with E-state index in [1.807, 2.05) is 12.3 Å². The minimum absolute atomic E-state index is 0.169. The fraction of sp³-hybridized carbons (Fsp3) is 0.600. The lowest BCUT2D eigenvalue weighted by Crippen LogP contribution is -2.28. The number of alkyl halides is 3. The maximum Gasteiger partial charge on any atom is 0.433 e. The van der Waals surface area contributed by atoms with Crippen molar-refractivity contribution in [2.75, 3.05) is 5.43 Å². The van der Waals surface area contributed by atoms with E-state index in [-0.39, 0.29) is 11.8 Å². The number of aromatic nitrogens is 2. The van der Waals surface area contributed by atoms with Gasteiger partial charge in [0.25, 0.3) is 0 Å². The van der Waals surface area contributed by atoms with Crippen LogP contribution in [0.4, 0.5) is 19.1 Å². The number of rotatable bonds is 4. The van der Waals surface area contributed by atoms with Gasteiger partial charge >= 0.3 is 6.18 Å². The van der Waals surface area contributed by atoms with E-state index in [0.717, 1.165) is 6.07 Å². The summed E-state index contributed by atoms with van der Waals surface area (Å²) in [6, 6.07) is 0.748. The number of hydrogen-bond donors (Lipinski definition) is 2. The largest absolute Gasteiger partial charge is 0.472 e. The molecule has 8 heteroatoms. The Labute approximate surface area is 103 Å². The van der Waals surface area contributed by atoms with E-state index in [1.165, 1.54) is 0 Å². The number of nitrogens with zero attached hydrogens (tertiary/aromatic N) is 2. The summed E-state index contributed by atoms with van der Waals surface area (Å²) < 4.78 is 43.1. The molecule has 0 bridgehead atoms. The Morgan fingerprint density at radius 1 is 1.33 bits per heavy atom. The smallest absolute Gasteiger partial charge is 0.433 e. The van der Waals surface area contributed by atoms with Crippen LogP contribution in [-0.2, 0) is 6.18 Å². The molecule has 0 aliphatic carbocycles. The summed E-state index contributed by atoms with van der Waals surface area (Å²) in [5.41, 5.74) is 0.255. The van der Waals surface area contributed by atoms with Crippen LogP contribution in [-0.4, -0.2) is 15.6 Å². The highest BCUT2D eigenvalue weighted by molar-refractivity contribution is 5.30. The van der Waals surface area contributed by atoms with Gasteiger partial charge in [-0.25, -0.2) is 10.8 Å². The van der Waals surface area contributed by atoms with Crippen LogP contribution in [0.1, 0.15) is 32.9 Å². The third-order valence-electron chi connectivity index (χ3n) is 2.35. The zero-order chi connectivity index (χ0) is 14.0. The number of nitrogens with one attached hydrogen (secondary N) is 1. The maximum absolute atomic E-state index is 12.6. The minimum atomic E-state index is -4.58. The Morgan fingerprint density at radius 2 is 1.94 bits per heavy atom. The Balaban J connectivity index is 3.13. The molecule has 102 valence electrons. The molecule has 0 spiro atoms. The topological polar surface area (TPSA) is 73.1 Å². The van der Waals surface area contributed by atoms with Gasteiger partial charge in [-0.3, -0.25) is 5.43 Å². The van der Waals surface area contributed by atoms with Crippen LogP contribution in [0.15, 0.2) is 6.07 Å². The Morgan fingerprint density at radius 3 is 2.39 bits per heavy atom. The van der Waals surface area contributed by atoms with Crippen LogP contribution >= 0.6 is 0 Å². The Hall–Kier alpha value is -1.57. The highest BCUT2D eigenvalue weighted by Gasteiger charge is 2.34. The number of anilines is 1. The molecule has 0 unspecified atom stereocenters. The maximum atomic E-state index is 12.6. The molecule has 0 atom stereocenters. The predicted octanol–water partition coefficient (Wildman–Crippen LogP) is 2.35. The average molecular weight is 264 g/mol. The van der Waals surface area contributed by atoms with E-state index in [2.05, 4.69) is 9.97 Å². The summed E-state index contributed by atoms with van der Waals surface area (Å²) in [6.07, 6.45) is -3.97. The van der Waals surface area contributed by atoms with Crippen molar-refractivity contribution in [2.24, 2.45) is 5.84 Å². The molecule has 18 heavy (non-hydrogen) atoms. The van der Waals surface area contributed by atoms with Crippen LogP contribution < -0.4 is 16.0 Å². The fourth-order valence-corrected chi connectivity index (χ4v) is 1.04. The van der Waals surface area contributed by atoms with Gasteiger partial charge in [0, 0.05) is 6.07 Å². The zero-order valence-corrected chi connectivity index (χ0v) is 10.3. The second-order valence-corrected chi connectivity index (χ2v) is 4.27. The van der Waals surface area contributed by atoms with Gasteiger partial charge in [-0.15, -0.1) is 0 Å². The third kappa shape index (κ3) is 3.73. The molecule has 1 aromatic heterocycles.